The average Bonchev–Trinajstić information content (AvgIpc) is 3.62. The number of amidine groups is 2. The zero-order chi connectivity index (χ0) is 26.7. The predicted molar refractivity (Wildman–Crippen MR) is 149 cm³/mol. The largest absolute Gasteiger partial charge is 0.613 e. The molecule has 0 amide bonds. The zero-order valence-electron chi connectivity index (χ0n) is 21.0. The Morgan fingerprint density at radius 2 is 1.22 bits per heavy atom. The number of hydrogen-bond donors (Lipinski definition) is 0. The lowest BCUT2D eigenvalue weighted by molar-refractivity contribution is -0.357. The van der Waals surface area contributed by atoms with E-state index in [1.807, 2.05) is 24.6 Å². The Morgan fingerprint density at radius 1 is 0.811 bits per heavy atom. The lowest BCUT2D eigenvalue weighted by atomic mass is 9.87. The highest BCUT2D eigenvalue weighted by Crippen LogP contribution is 2.38. The van der Waals surface area contributed by atoms with Gasteiger partial charge in [0.2, 0.25) is 10.3 Å². The van der Waals surface area contributed by atoms with Gasteiger partial charge >= 0.3 is 0 Å². The van der Waals surface area contributed by atoms with Crippen LogP contribution in [0, 0.1) is 0 Å². The lowest BCUT2D eigenvalue weighted by Crippen LogP contribution is -2.19. The topological polar surface area (TPSA) is 140 Å². The molecule has 4 rings (SSSR count). The van der Waals surface area contributed by atoms with Crippen LogP contribution < -0.4 is 10.2 Å². The third-order valence-electron chi connectivity index (χ3n) is 5.14. The molecule has 0 atom stereocenters. The lowest BCUT2D eigenvalue weighted by Gasteiger charge is -2.19. The number of ether oxygens (including phenoxy) is 2. The molecule has 37 heavy (non-hydrogen) atoms. The van der Waals surface area contributed by atoms with Crippen LogP contribution in [-0.2, 0) is 14.9 Å². The first kappa shape index (κ1) is 27.4. The molecule has 196 valence electrons. The van der Waals surface area contributed by atoms with E-state index < -0.39 is 17.3 Å². The molecule has 0 radical (unpaired) electrons. The van der Waals surface area contributed by atoms with Gasteiger partial charge in [-0.3, -0.25) is 0 Å². The fourth-order valence-corrected chi connectivity index (χ4v) is 6.62. The second-order valence-electron chi connectivity index (χ2n) is 8.14. The highest BCUT2D eigenvalue weighted by atomic mass is 32.2. The van der Waals surface area contributed by atoms with Crippen LogP contribution >= 0.6 is 46.2 Å². The van der Waals surface area contributed by atoms with E-state index in [-0.39, 0.29) is 0 Å². The average molecular weight is 577 g/mol. The van der Waals surface area contributed by atoms with Crippen molar-refractivity contribution in [3.8, 4) is 0 Å². The quantitative estimate of drug-likeness (QED) is 0.420. The van der Waals surface area contributed by atoms with Crippen molar-refractivity contribution in [2.75, 3.05) is 13.2 Å². The molecule has 0 saturated heterocycles. The van der Waals surface area contributed by atoms with Crippen molar-refractivity contribution in [1.29, 1.82) is 0 Å². The first-order chi connectivity index (χ1) is 17.6. The summed E-state index contributed by atoms with van der Waals surface area (Å²) in [6, 6.07) is 0. The van der Waals surface area contributed by atoms with Crippen molar-refractivity contribution in [2.45, 2.75) is 47.0 Å². The standard InChI is InChI=1S/C23H26N6O4S4/c1-7-32-17(30)15-11(3)24-21(36-15)28-19-26-13(9-34-19)23(5,6)14-10-35-20(27-14)29-22-25-12(4)16(37-22)18(31)33-8-2/h9-10,30-31H,7-8H2,1-6H3/p-2/b17-15+,18-16+,28-21+,29-22+. The molecule has 0 unspecified atom stereocenters. The summed E-state index contributed by atoms with van der Waals surface area (Å²) in [4.78, 5) is 28.1. The Hall–Kier alpha value is -2.68. The predicted octanol–water partition coefficient (Wildman–Crippen LogP) is 4.45. The molecular formula is C23H24N6O4S4-2. The van der Waals surface area contributed by atoms with Crippen molar-refractivity contribution in [2.24, 2.45) is 20.0 Å². The molecule has 0 fully saturated rings. The van der Waals surface area contributed by atoms with Gasteiger partial charge in [0.15, 0.2) is 10.3 Å². The van der Waals surface area contributed by atoms with Crippen LogP contribution in [0.15, 0.2) is 52.4 Å². The summed E-state index contributed by atoms with van der Waals surface area (Å²) in [5, 5.41) is 30.0. The van der Waals surface area contributed by atoms with Gasteiger partial charge in [-0.25, -0.2) is 20.0 Å². The minimum atomic E-state index is -0.502. The first-order valence-corrected chi connectivity index (χ1v) is 14.7. The maximum absolute atomic E-state index is 12.1. The number of thiazole rings is 2. The number of hydrogen-bond acceptors (Lipinski definition) is 12. The van der Waals surface area contributed by atoms with Gasteiger partial charge in [0.25, 0.3) is 0 Å². The summed E-state index contributed by atoms with van der Waals surface area (Å²) in [6.45, 7) is 11.7. The van der Waals surface area contributed by atoms with Crippen LogP contribution in [0.4, 0.5) is 10.3 Å². The molecular weight excluding hydrogens is 553 g/mol. The Labute approximate surface area is 231 Å². The summed E-state index contributed by atoms with van der Waals surface area (Å²) in [6.07, 6.45) is 0. The Bertz CT molecular complexity index is 1280. The van der Waals surface area contributed by atoms with Crippen molar-refractivity contribution >= 4 is 78.2 Å². The van der Waals surface area contributed by atoms with Crippen LogP contribution in [0.5, 0.6) is 0 Å². The fourth-order valence-electron chi connectivity index (χ4n) is 3.13. The molecule has 2 aliphatic heterocycles. The molecule has 4 heterocycles. The molecule has 2 aromatic rings. The van der Waals surface area contributed by atoms with Gasteiger partial charge in [0.1, 0.15) is 0 Å². The maximum Gasteiger partial charge on any atom is 0.211 e. The van der Waals surface area contributed by atoms with E-state index in [2.05, 4.69) is 20.0 Å². The van der Waals surface area contributed by atoms with Gasteiger partial charge in [-0.1, -0.05) is 13.8 Å². The molecule has 0 N–H and O–H groups in total. The number of nitrogens with zero attached hydrogens (tertiary/aromatic N) is 6. The normalized spacial score (nSPS) is 20.9. The molecule has 0 aliphatic carbocycles. The minimum absolute atomic E-state index is 0.303. The van der Waals surface area contributed by atoms with Crippen LogP contribution in [0.1, 0.15) is 52.9 Å². The Morgan fingerprint density at radius 3 is 1.59 bits per heavy atom. The Kier molecular flexibility index (Phi) is 8.41. The number of aromatic nitrogens is 2. The summed E-state index contributed by atoms with van der Waals surface area (Å²) >= 11 is 5.15. The van der Waals surface area contributed by atoms with Crippen molar-refractivity contribution in [1.82, 2.24) is 9.97 Å². The molecule has 2 aliphatic rings. The summed E-state index contributed by atoms with van der Waals surface area (Å²) in [5.74, 6) is -0.788. The molecule has 0 bridgehead atoms. The molecule has 0 spiro atoms. The van der Waals surface area contributed by atoms with Gasteiger partial charge < -0.3 is 19.7 Å². The molecule has 0 aromatic carbocycles. The first-order valence-electron chi connectivity index (χ1n) is 11.3. The summed E-state index contributed by atoms with van der Waals surface area (Å²) in [5.41, 5.74) is 2.28. The van der Waals surface area contributed by atoms with Crippen LogP contribution in [0.2, 0.25) is 0 Å². The Balaban J connectivity index is 1.51. The van der Waals surface area contributed by atoms with E-state index in [0.29, 0.717) is 55.0 Å². The van der Waals surface area contributed by atoms with Crippen LogP contribution in [0.25, 0.3) is 0 Å². The van der Waals surface area contributed by atoms with Crippen LogP contribution in [0.3, 0.4) is 0 Å². The number of allylic oxidation sites excluding steroid dienone is 2. The van der Waals surface area contributed by atoms with Gasteiger partial charge in [0, 0.05) is 10.8 Å². The molecule has 10 nitrogen and oxygen atoms in total. The number of rotatable bonds is 8. The van der Waals surface area contributed by atoms with Gasteiger partial charge in [-0.2, -0.15) is 9.98 Å². The third-order valence-corrected chi connectivity index (χ3v) is 8.67. The third kappa shape index (κ3) is 6.08. The number of thioether (sulfide) groups is 2. The maximum atomic E-state index is 12.1. The smallest absolute Gasteiger partial charge is 0.211 e. The van der Waals surface area contributed by atoms with Crippen molar-refractivity contribution in [3.05, 3.63) is 43.8 Å². The van der Waals surface area contributed by atoms with E-state index in [4.69, 9.17) is 19.4 Å². The van der Waals surface area contributed by atoms with Gasteiger partial charge in [0.05, 0.1) is 49.9 Å². The molecule has 0 saturated carbocycles. The second-order valence-corrected chi connectivity index (χ2v) is 11.8. The summed E-state index contributed by atoms with van der Waals surface area (Å²) in [7, 11) is 0. The number of aliphatic imine (C=N–C) groups is 4. The minimum Gasteiger partial charge on any atom is -0.613 e. The summed E-state index contributed by atoms with van der Waals surface area (Å²) < 4.78 is 10.2. The van der Waals surface area contributed by atoms with E-state index >= 15 is 0 Å². The van der Waals surface area contributed by atoms with E-state index in [9.17, 15) is 10.2 Å². The second kappa shape index (κ2) is 11.4. The van der Waals surface area contributed by atoms with E-state index in [0.717, 1.165) is 11.4 Å². The zero-order valence-corrected chi connectivity index (χ0v) is 24.3. The highest BCUT2D eigenvalue weighted by Gasteiger charge is 2.30. The van der Waals surface area contributed by atoms with Gasteiger partial charge in [-0.05, 0) is 64.4 Å². The SMILES string of the molecule is CCO/C([O-])=C1/S/C(=N/c2nc(C(C)(C)c3csc(/N=C4N=C(C)/C(=C(/[O-])OCC)S\4)n3)cs2)N=C1C. The highest BCUT2D eigenvalue weighted by molar-refractivity contribution is 8.18. The fraction of sp³-hybridized carbons (Fsp3) is 0.391. The van der Waals surface area contributed by atoms with E-state index in [1.165, 1.54) is 46.2 Å². The van der Waals surface area contributed by atoms with Crippen molar-refractivity contribution in [3.63, 3.8) is 0 Å². The van der Waals surface area contributed by atoms with E-state index in [1.54, 1.807) is 27.7 Å². The van der Waals surface area contributed by atoms with Crippen LogP contribution in [-0.4, -0.2) is 44.9 Å². The molecule has 14 heteroatoms. The molecule has 2 aromatic heterocycles. The van der Waals surface area contributed by atoms with Gasteiger partial charge in [-0.15, -0.1) is 22.7 Å². The van der Waals surface area contributed by atoms with Crippen molar-refractivity contribution < 1.29 is 19.7 Å². The monoisotopic (exact) mass is 576 g/mol.